The zero-order chi connectivity index (χ0) is 17.2. The van der Waals surface area contributed by atoms with Crippen LogP contribution in [-0.2, 0) is 15.6 Å². The fourth-order valence-electron chi connectivity index (χ4n) is 1.92. The summed E-state index contributed by atoms with van der Waals surface area (Å²) in [5.41, 5.74) is 0.211. The van der Waals surface area contributed by atoms with E-state index in [-0.39, 0.29) is 15.5 Å². The molecule has 0 heterocycles. The standard InChI is InChI=1S/C14H11Cl2NO4S2/c1-23(20,21)13-7-3-6-12(14(13)17(18)19)22-8-9-10(15)4-2-5-11(9)16/h2-7H,8H2,1H3. The summed E-state index contributed by atoms with van der Waals surface area (Å²) >= 11 is 13.3. The minimum Gasteiger partial charge on any atom is -0.258 e. The summed E-state index contributed by atoms with van der Waals surface area (Å²) in [7, 11) is -3.71. The predicted octanol–water partition coefficient (Wildman–Crippen LogP) is 4.60. The van der Waals surface area contributed by atoms with Crippen molar-refractivity contribution in [3.05, 3.63) is 62.1 Å². The van der Waals surface area contributed by atoms with E-state index in [9.17, 15) is 18.5 Å². The number of sulfone groups is 1. The van der Waals surface area contributed by atoms with E-state index in [2.05, 4.69) is 0 Å². The molecule has 0 unspecified atom stereocenters. The van der Waals surface area contributed by atoms with Gasteiger partial charge in [-0.05, 0) is 29.8 Å². The van der Waals surface area contributed by atoms with Gasteiger partial charge in [-0.25, -0.2) is 8.42 Å². The van der Waals surface area contributed by atoms with Crippen LogP contribution in [0, 0.1) is 10.1 Å². The number of nitro benzene ring substituents is 1. The van der Waals surface area contributed by atoms with Crippen LogP contribution in [0.3, 0.4) is 0 Å². The van der Waals surface area contributed by atoms with Gasteiger partial charge >= 0.3 is 5.69 Å². The molecule has 0 aliphatic carbocycles. The lowest BCUT2D eigenvalue weighted by Crippen LogP contribution is -2.04. The summed E-state index contributed by atoms with van der Waals surface area (Å²) in [6.45, 7) is 0. The van der Waals surface area contributed by atoms with Gasteiger partial charge in [0.2, 0.25) is 0 Å². The molecule has 0 aromatic heterocycles. The van der Waals surface area contributed by atoms with Crippen molar-refractivity contribution in [1.29, 1.82) is 0 Å². The van der Waals surface area contributed by atoms with Gasteiger partial charge in [-0.2, -0.15) is 0 Å². The Labute approximate surface area is 147 Å². The van der Waals surface area contributed by atoms with Gasteiger partial charge in [0, 0.05) is 22.1 Å². The van der Waals surface area contributed by atoms with Crippen LogP contribution in [0.15, 0.2) is 46.2 Å². The predicted molar refractivity (Wildman–Crippen MR) is 92.2 cm³/mol. The number of benzene rings is 2. The lowest BCUT2D eigenvalue weighted by Gasteiger charge is -2.09. The summed E-state index contributed by atoms with van der Waals surface area (Å²) in [4.78, 5) is 10.6. The zero-order valence-electron chi connectivity index (χ0n) is 11.8. The molecule has 0 spiro atoms. The Balaban J connectivity index is 2.43. The van der Waals surface area contributed by atoms with E-state index in [1.165, 1.54) is 18.2 Å². The number of nitrogens with zero attached hydrogens (tertiary/aromatic N) is 1. The number of thioether (sulfide) groups is 1. The maximum absolute atomic E-state index is 11.7. The van der Waals surface area contributed by atoms with Crippen LogP contribution >= 0.6 is 35.0 Å². The van der Waals surface area contributed by atoms with Crippen molar-refractivity contribution in [3.63, 3.8) is 0 Å². The van der Waals surface area contributed by atoms with Crippen molar-refractivity contribution >= 4 is 50.5 Å². The van der Waals surface area contributed by atoms with Crippen LogP contribution in [0.5, 0.6) is 0 Å². The first kappa shape index (κ1) is 18.1. The highest BCUT2D eigenvalue weighted by atomic mass is 35.5. The SMILES string of the molecule is CS(=O)(=O)c1cccc(SCc2c(Cl)cccc2Cl)c1[N+](=O)[O-]. The van der Waals surface area contributed by atoms with Crippen molar-refractivity contribution in [1.82, 2.24) is 0 Å². The Bertz CT molecular complexity index is 849. The smallest absolute Gasteiger partial charge is 0.258 e. The lowest BCUT2D eigenvalue weighted by molar-refractivity contribution is -0.390. The molecule has 2 rings (SSSR count). The van der Waals surface area contributed by atoms with Crippen LogP contribution < -0.4 is 0 Å². The second-order valence-corrected chi connectivity index (χ2v) is 8.44. The Hall–Kier alpha value is -1.28. The molecular formula is C14H11Cl2NO4S2. The molecule has 0 aliphatic heterocycles. The number of hydrogen-bond donors (Lipinski definition) is 0. The van der Waals surface area contributed by atoms with Gasteiger partial charge in [0.1, 0.15) is 4.90 Å². The number of nitro groups is 1. The van der Waals surface area contributed by atoms with Crippen molar-refractivity contribution < 1.29 is 13.3 Å². The fraction of sp³-hybridized carbons (Fsp3) is 0.143. The quantitative estimate of drug-likeness (QED) is 0.422. The second-order valence-electron chi connectivity index (χ2n) is 4.62. The molecule has 2 aromatic rings. The highest BCUT2D eigenvalue weighted by Gasteiger charge is 2.26. The molecule has 23 heavy (non-hydrogen) atoms. The third kappa shape index (κ3) is 4.17. The van der Waals surface area contributed by atoms with E-state index in [1.54, 1.807) is 18.2 Å². The van der Waals surface area contributed by atoms with E-state index in [0.29, 0.717) is 15.6 Å². The third-order valence-electron chi connectivity index (χ3n) is 2.98. The summed E-state index contributed by atoms with van der Waals surface area (Å²) in [5, 5.41) is 12.2. The van der Waals surface area contributed by atoms with Crippen molar-refractivity contribution in [3.8, 4) is 0 Å². The molecule has 0 atom stereocenters. The van der Waals surface area contributed by atoms with Crippen LogP contribution in [0.2, 0.25) is 10.0 Å². The summed E-state index contributed by atoms with van der Waals surface area (Å²) in [5.74, 6) is 0.284. The number of para-hydroxylation sites is 1. The van der Waals surface area contributed by atoms with Gasteiger partial charge in [-0.15, -0.1) is 11.8 Å². The fourth-order valence-corrected chi connectivity index (χ4v) is 4.64. The first-order chi connectivity index (χ1) is 10.7. The molecule has 0 radical (unpaired) electrons. The van der Waals surface area contributed by atoms with Crippen LogP contribution in [0.25, 0.3) is 0 Å². The Morgan fingerprint density at radius 3 is 2.22 bits per heavy atom. The summed E-state index contributed by atoms with van der Waals surface area (Å²) < 4.78 is 23.5. The highest BCUT2D eigenvalue weighted by Crippen LogP contribution is 2.38. The maximum atomic E-state index is 11.7. The molecule has 0 aliphatic rings. The van der Waals surface area contributed by atoms with Crippen molar-refractivity contribution in [2.24, 2.45) is 0 Å². The Kier molecular flexibility index (Phi) is 5.57. The van der Waals surface area contributed by atoms with E-state index >= 15 is 0 Å². The second kappa shape index (κ2) is 7.09. The number of halogens is 2. The van der Waals surface area contributed by atoms with E-state index in [1.807, 2.05) is 0 Å². The maximum Gasteiger partial charge on any atom is 0.301 e. The van der Waals surface area contributed by atoms with Gasteiger partial charge in [0.25, 0.3) is 0 Å². The number of hydrogen-bond acceptors (Lipinski definition) is 5. The molecule has 0 bridgehead atoms. The van der Waals surface area contributed by atoms with E-state index in [0.717, 1.165) is 18.0 Å². The minimum absolute atomic E-state index is 0.244. The van der Waals surface area contributed by atoms with Gasteiger partial charge in [-0.3, -0.25) is 10.1 Å². The average molecular weight is 392 g/mol. The molecule has 0 amide bonds. The van der Waals surface area contributed by atoms with Crippen LogP contribution in [0.4, 0.5) is 5.69 Å². The molecule has 2 aromatic carbocycles. The molecular weight excluding hydrogens is 381 g/mol. The Morgan fingerprint density at radius 2 is 1.70 bits per heavy atom. The summed E-state index contributed by atoms with van der Waals surface area (Å²) in [6, 6.07) is 9.24. The third-order valence-corrected chi connectivity index (χ3v) is 5.89. The van der Waals surface area contributed by atoms with Gasteiger partial charge in [0.15, 0.2) is 9.84 Å². The monoisotopic (exact) mass is 391 g/mol. The highest BCUT2D eigenvalue weighted by molar-refractivity contribution is 7.98. The molecule has 5 nitrogen and oxygen atoms in total. The molecule has 9 heteroatoms. The molecule has 0 saturated carbocycles. The van der Waals surface area contributed by atoms with Crippen LogP contribution in [0.1, 0.15) is 5.56 Å². The van der Waals surface area contributed by atoms with Gasteiger partial charge < -0.3 is 0 Å². The minimum atomic E-state index is -3.71. The first-order valence-electron chi connectivity index (χ1n) is 6.25. The molecule has 0 saturated heterocycles. The lowest BCUT2D eigenvalue weighted by atomic mass is 10.2. The van der Waals surface area contributed by atoms with Crippen LogP contribution in [-0.4, -0.2) is 19.6 Å². The van der Waals surface area contributed by atoms with Gasteiger partial charge in [0.05, 0.1) is 9.82 Å². The zero-order valence-corrected chi connectivity index (χ0v) is 15.0. The van der Waals surface area contributed by atoms with Crippen molar-refractivity contribution in [2.45, 2.75) is 15.5 Å². The summed E-state index contributed by atoms with van der Waals surface area (Å²) in [6.07, 6.45) is 0.939. The topological polar surface area (TPSA) is 77.3 Å². The molecule has 0 fully saturated rings. The molecule has 0 N–H and O–H groups in total. The average Bonchev–Trinajstić information content (AvgIpc) is 2.45. The molecule has 122 valence electrons. The first-order valence-corrected chi connectivity index (χ1v) is 9.88. The largest absolute Gasteiger partial charge is 0.301 e. The van der Waals surface area contributed by atoms with E-state index in [4.69, 9.17) is 23.2 Å². The normalized spacial score (nSPS) is 11.4. The van der Waals surface area contributed by atoms with E-state index < -0.39 is 20.4 Å². The van der Waals surface area contributed by atoms with Gasteiger partial charge in [-0.1, -0.05) is 35.3 Å². The number of rotatable bonds is 5. The Morgan fingerprint density at radius 1 is 1.13 bits per heavy atom. The van der Waals surface area contributed by atoms with Crippen molar-refractivity contribution in [2.75, 3.05) is 6.26 Å².